The van der Waals surface area contributed by atoms with Gasteiger partial charge in [-0.05, 0) is 50.2 Å². The first-order valence-corrected chi connectivity index (χ1v) is 7.59. The van der Waals surface area contributed by atoms with Gasteiger partial charge in [0.1, 0.15) is 0 Å². The minimum absolute atomic E-state index is 0. The summed E-state index contributed by atoms with van der Waals surface area (Å²) in [5.74, 6) is 0.0408. The number of aromatic nitrogens is 1. The van der Waals surface area contributed by atoms with Crippen LogP contribution < -0.4 is 10.6 Å². The Balaban J connectivity index is 0.00000144. The fourth-order valence-electron chi connectivity index (χ4n) is 3.04. The van der Waals surface area contributed by atoms with Crippen molar-refractivity contribution in [1.29, 1.82) is 0 Å². The summed E-state index contributed by atoms with van der Waals surface area (Å²) in [5.41, 5.74) is 1.29. The molecule has 0 aliphatic carbocycles. The number of nitrogens with one attached hydrogen (secondary N) is 2. The summed E-state index contributed by atoms with van der Waals surface area (Å²) in [4.78, 5) is 17.1. The van der Waals surface area contributed by atoms with Gasteiger partial charge in [0.15, 0.2) is 0 Å². The van der Waals surface area contributed by atoms with Crippen LogP contribution in [-0.2, 0) is 9.53 Å². The van der Waals surface area contributed by atoms with E-state index in [2.05, 4.69) is 15.6 Å². The van der Waals surface area contributed by atoms with Gasteiger partial charge in [-0.15, -0.1) is 24.8 Å². The van der Waals surface area contributed by atoms with Crippen LogP contribution in [0.15, 0.2) is 36.5 Å². The molecule has 1 amide bonds. The molecular formula is C17H23Cl2N3O2. The fourth-order valence-corrected chi connectivity index (χ4v) is 3.04. The third-order valence-electron chi connectivity index (χ3n) is 4.32. The molecule has 2 aromatic rings. The normalized spacial score (nSPS) is 15.9. The van der Waals surface area contributed by atoms with Crippen LogP contribution in [0, 0.1) is 5.41 Å². The zero-order valence-corrected chi connectivity index (χ0v) is 15.2. The lowest BCUT2D eigenvalue weighted by molar-refractivity contribution is -0.130. The second-order valence-corrected chi connectivity index (χ2v) is 5.83. The molecule has 0 saturated carbocycles. The molecule has 3 rings (SSSR count). The van der Waals surface area contributed by atoms with Gasteiger partial charge in [-0.1, -0.05) is 6.07 Å². The van der Waals surface area contributed by atoms with Gasteiger partial charge in [0, 0.05) is 24.4 Å². The number of ether oxygens (including phenoxy) is 1. The number of carbonyl (C=O) groups excluding carboxylic acids is 1. The van der Waals surface area contributed by atoms with Crippen LogP contribution in [0.1, 0.15) is 12.8 Å². The summed E-state index contributed by atoms with van der Waals surface area (Å²) in [6, 6.07) is 9.67. The van der Waals surface area contributed by atoms with Crippen molar-refractivity contribution in [2.45, 2.75) is 12.8 Å². The second-order valence-electron chi connectivity index (χ2n) is 5.83. The molecule has 7 heteroatoms. The fraction of sp³-hybridized carbons (Fsp3) is 0.412. The first-order valence-electron chi connectivity index (χ1n) is 7.59. The average Bonchev–Trinajstić information content (AvgIpc) is 2.56. The molecule has 2 N–H and O–H groups in total. The molecule has 0 bridgehead atoms. The Kier molecular flexibility index (Phi) is 7.90. The van der Waals surface area contributed by atoms with Crippen molar-refractivity contribution >= 4 is 47.3 Å². The Labute approximate surface area is 154 Å². The van der Waals surface area contributed by atoms with Crippen LogP contribution in [-0.4, -0.2) is 37.7 Å². The van der Waals surface area contributed by atoms with Gasteiger partial charge in [-0.25, -0.2) is 0 Å². The molecular weight excluding hydrogens is 349 g/mol. The van der Waals surface area contributed by atoms with Crippen LogP contribution in [0.2, 0.25) is 0 Å². The van der Waals surface area contributed by atoms with Crippen molar-refractivity contribution in [2.75, 3.05) is 32.1 Å². The van der Waals surface area contributed by atoms with Gasteiger partial charge in [0.05, 0.1) is 17.5 Å². The van der Waals surface area contributed by atoms with Crippen molar-refractivity contribution in [3.63, 3.8) is 0 Å². The highest BCUT2D eigenvalue weighted by Crippen LogP contribution is 2.31. The summed E-state index contributed by atoms with van der Waals surface area (Å²) in [6.45, 7) is 2.15. The summed E-state index contributed by atoms with van der Waals surface area (Å²) < 4.78 is 5.32. The van der Waals surface area contributed by atoms with Crippen molar-refractivity contribution in [3.05, 3.63) is 36.5 Å². The van der Waals surface area contributed by atoms with Crippen LogP contribution in [0.4, 0.5) is 5.69 Å². The Morgan fingerprint density at radius 3 is 2.75 bits per heavy atom. The quantitative estimate of drug-likeness (QED) is 0.866. The van der Waals surface area contributed by atoms with E-state index in [0.29, 0.717) is 6.61 Å². The second kappa shape index (κ2) is 9.18. The number of anilines is 1. The molecule has 1 saturated heterocycles. The third kappa shape index (κ3) is 4.36. The number of pyridine rings is 1. The number of nitrogens with zero attached hydrogens (tertiary/aromatic N) is 1. The largest absolute Gasteiger partial charge is 0.384 e. The van der Waals surface area contributed by atoms with Crippen molar-refractivity contribution in [1.82, 2.24) is 10.3 Å². The number of methoxy groups -OCH3 is 1. The molecule has 1 fully saturated rings. The Bertz CT molecular complexity index is 670. The van der Waals surface area contributed by atoms with Crippen molar-refractivity contribution in [2.24, 2.45) is 5.41 Å². The molecule has 24 heavy (non-hydrogen) atoms. The average molecular weight is 372 g/mol. The highest BCUT2D eigenvalue weighted by molar-refractivity contribution is 5.97. The Hall–Kier alpha value is -1.40. The Morgan fingerprint density at radius 2 is 2.04 bits per heavy atom. The predicted octanol–water partition coefficient (Wildman–Crippen LogP) is 3.03. The summed E-state index contributed by atoms with van der Waals surface area (Å²) in [7, 11) is 1.65. The van der Waals surface area contributed by atoms with Gasteiger partial charge in [-0.2, -0.15) is 0 Å². The van der Waals surface area contributed by atoms with Crippen LogP contribution >= 0.6 is 24.8 Å². The lowest BCUT2D eigenvalue weighted by Crippen LogP contribution is -2.47. The molecule has 0 radical (unpaired) electrons. The number of benzene rings is 1. The van der Waals surface area contributed by atoms with E-state index in [4.69, 9.17) is 4.74 Å². The smallest absolute Gasteiger partial charge is 0.233 e. The van der Waals surface area contributed by atoms with Crippen LogP contribution in [0.25, 0.3) is 10.9 Å². The standard InChI is InChI=1S/C17H21N3O2.2ClH/c1-22-12-17(6-9-18-10-7-17)16(21)20-14-4-5-15-13(11-14)3-2-8-19-15;;/h2-5,8,11,18H,6-7,9-10,12H2,1H3,(H,20,21);2*1H. The molecule has 0 unspecified atom stereocenters. The monoisotopic (exact) mass is 371 g/mol. The minimum atomic E-state index is -0.441. The highest BCUT2D eigenvalue weighted by atomic mass is 35.5. The zero-order valence-electron chi connectivity index (χ0n) is 13.6. The molecule has 5 nitrogen and oxygen atoms in total. The minimum Gasteiger partial charge on any atom is -0.384 e. The molecule has 0 atom stereocenters. The first-order chi connectivity index (χ1) is 10.7. The topological polar surface area (TPSA) is 63.2 Å². The van der Waals surface area contributed by atoms with E-state index in [-0.39, 0.29) is 30.7 Å². The number of hydrogen-bond donors (Lipinski definition) is 2. The van der Waals surface area contributed by atoms with Gasteiger partial charge >= 0.3 is 0 Å². The molecule has 132 valence electrons. The lowest BCUT2D eigenvalue weighted by atomic mass is 9.78. The molecule has 0 spiro atoms. The van der Waals surface area contributed by atoms with Crippen molar-refractivity contribution in [3.8, 4) is 0 Å². The number of rotatable bonds is 4. The van der Waals surface area contributed by atoms with Crippen LogP contribution in [0.5, 0.6) is 0 Å². The van der Waals surface area contributed by atoms with E-state index in [1.54, 1.807) is 13.3 Å². The molecule has 1 aromatic carbocycles. The maximum atomic E-state index is 12.8. The van der Waals surface area contributed by atoms with Gasteiger partial charge in [-0.3, -0.25) is 9.78 Å². The number of amides is 1. The SMILES string of the molecule is COCC1(C(=O)Nc2ccc3ncccc3c2)CCNCC1.Cl.Cl. The van der Waals surface area contributed by atoms with E-state index in [1.165, 1.54) is 0 Å². The molecule has 2 heterocycles. The van der Waals surface area contributed by atoms with Gasteiger partial charge in [0.25, 0.3) is 0 Å². The number of hydrogen-bond acceptors (Lipinski definition) is 4. The molecule has 1 aliphatic rings. The third-order valence-corrected chi connectivity index (χ3v) is 4.32. The van der Waals surface area contributed by atoms with Crippen molar-refractivity contribution < 1.29 is 9.53 Å². The first kappa shape index (κ1) is 20.6. The highest BCUT2D eigenvalue weighted by Gasteiger charge is 2.39. The van der Waals surface area contributed by atoms with Gasteiger partial charge < -0.3 is 15.4 Å². The number of halogens is 2. The number of carbonyl (C=O) groups is 1. The summed E-state index contributed by atoms with van der Waals surface area (Å²) in [6.07, 6.45) is 3.35. The van der Waals surface area contributed by atoms with E-state index in [0.717, 1.165) is 42.5 Å². The van der Waals surface area contributed by atoms with E-state index in [1.807, 2.05) is 30.3 Å². The maximum absolute atomic E-state index is 12.8. The van der Waals surface area contributed by atoms with E-state index < -0.39 is 5.41 Å². The maximum Gasteiger partial charge on any atom is 0.233 e. The molecule has 1 aliphatic heterocycles. The number of piperidine rings is 1. The van der Waals surface area contributed by atoms with Crippen LogP contribution in [0.3, 0.4) is 0 Å². The molecule has 1 aromatic heterocycles. The van der Waals surface area contributed by atoms with E-state index in [9.17, 15) is 4.79 Å². The Morgan fingerprint density at radius 1 is 1.29 bits per heavy atom. The zero-order chi connectivity index (χ0) is 15.4. The summed E-state index contributed by atoms with van der Waals surface area (Å²) >= 11 is 0. The number of fused-ring (bicyclic) bond motifs is 1. The summed E-state index contributed by atoms with van der Waals surface area (Å²) in [5, 5.41) is 7.37. The lowest BCUT2D eigenvalue weighted by Gasteiger charge is -2.35. The predicted molar refractivity (Wildman–Crippen MR) is 101 cm³/mol. The van der Waals surface area contributed by atoms with Gasteiger partial charge in [0.2, 0.25) is 5.91 Å². The van der Waals surface area contributed by atoms with E-state index >= 15 is 0 Å².